The molecule has 1 aromatic carbocycles. The highest BCUT2D eigenvalue weighted by Crippen LogP contribution is 2.33. The average Bonchev–Trinajstić information content (AvgIpc) is 2.44. The number of rotatable bonds is 1. The largest absolute Gasteiger partial charge is 0.309 e. The normalized spacial score (nSPS) is 14.3. The lowest BCUT2D eigenvalue weighted by Gasteiger charge is -2.03. The number of fused-ring (bicyclic) bond motifs is 1. The number of amides is 1. The molecule has 1 aliphatic heterocycles. The van der Waals surface area contributed by atoms with Crippen LogP contribution in [0.5, 0.6) is 0 Å². The first-order valence-corrected chi connectivity index (χ1v) is 4.56. The summed E-state index contributed by atoms with van der Waals surface area (Å²) in [6, 6.07) is 3.68. The van der Waals surface area contributed by atoms with E-state index in [1.54, 1.807) is 0 Å². The Balaban J connectivity index is 2.61. The number of anilines is 1. The molecule has 2 rings (SSSR count). The first-order valence-electron chi connectivity index (χ1n) is 3.85. The van der Waals surface area contributed by atoms with Crippen molar-refractivity contribution in [3.8, 4) is 0 Å². The molecule has 0 saturated carbocycles. The summed E-state index contributed by atoms with van der Waals surface area (Å²) in [6.45, 7) is 0. The highest BCUT2D eigenvalue weighted by Gasteiger charge is 2.35. The summed E-state index contributed by atoms with van der Waals surface area (Å²) in [5.74, 6) is -1.49. The molecule has 0 aromatic heterocycles. The van der Waals surface area contributed by atoms with Gasteiger partial charge in [0.1, 0.15) is 0 Å². The Morgan fingerprint density at radius 2 is 2.00 bits per heavy atom. The van der Waals surface area contributed by atoms with E-state index in [0.29, 0.717) is 5.69 Å². The van der Waals surface area contributed by atoms with E-state index in [1.807, 2.05) is 0 Å². The van der Waals surface area contributed by atoms with Crippen LogP contribution in [0.1, 0.15) is 10.4 Å². The number of carbonyl (C=O) groups is 2. The maximum atomic E-state index is 11.3. The molecule has 0 spiro atoms. The van der Waals surface area contributed by atoms with E-state index < -0.39 is 16.6 Å². The van der Waals surface area contributed by atoms with Gasteiger partial charge in [0, 0.05) is 12.1 Å². The van der Waals surface area contributed by atoms with Gasteiger partial charge >= 0.3 is 5.91 Å². The van der Waals surface area contributed by atoms with E-state index in [9.17, 15) is 19.7 Å². The molecule has 1 aromatic rings. The molecule has 0 N–H and O–H groups in total. The summed E-state index contributed by atoms with van der Waals surface area (Å²) in [6.07, 6.45) is 0. The molecule has 1 heterocycles. The lowest BCUT2D eigenvalue weighted by Crippen LogP contribution is -2.19. The second-order valence-electron chi connectivity index (χ2n) is 2.87. The first kappa shape index (κ1) is 9.78. The molecule has 1 amide bonds. The number of nitro groups is 1. The van der Waals surface area contributed by atoms with Gasteiger partial charge in [0.2, 0.25) is 0 Å². The summed E-state index contributed by atoms with van der Waals surface area (Å²) in [5, 5.41) is 10.5. The molecule has 0 fully saturated rings. The minimum atomic E-state index is -0.745. The van der Waals surface area contributed by atoms with Gasteiger partial charge in [-0.15, -0.1) is 0 Å². The highest BCUT2D eigenvalue weighted by atomic mass is 79.9. The summed E-state index contributed by atoms with van der Waals surface area (Å²) in [7, 11) is 0. The number of nitrogens with zero attached hydrogens (tertiary/aromatic N) is 2. The smallest absolute Gasteiger partial charge is 0.283 e. The van der Waals surface area contributed by atoms with Crippen LogP contribution in [0.2, 0.25) is 0 Å². The molecule has 6 nitrogen and oxygen atoms in total. The zero-order valence-corrected chi connectivity index (χ0v) is 8.72. The van der Waals surface area contributed by atoms with Crippen LogP contribution in [0.15, 0.2) is 18.2 Å². The van der Waals surface area contributed by atoms with E-state index in [1.165, 1.54) is 12.1 Å². The van der Waals surface area contributed by atoms with Crippen LogP contribution >= 0.6 is 16.1 Å². The number of Topliss-reactive ketones (excluding diaryl/α,β-unsaturated/α-hetero) is 1. The first-order chi connectivity index (χ1) is 7.02. The predicted molar refractivity (Wildman–Crippen MR) is 53.8 cm³/mol. The van der Waals surface area contributed by atoms with Gasteiger partial charge in [0.25, 0.3) is 11.5 Å². The fraction of sp³-hybridized carbons (Fsp3) is 0. The van der Waals surface area contributed by atoms with E-state index >= 15 is 0 Å². The summed E-state index contributed by atoms with van der Waals surface area (Å²) >= 11 is 2.90. The van der Waals surface area contributed by atoms with Crippen molar-refractivity contribution in [2.24, 2.45) is 0 Å². The maximum absolute atomic E-state index is 11.3. The van der Waals surface area contributed by atoms with Gasteiger partial charge in [-0.3, -0.25) is 19.7 Å². The Bertz CT molecular complexity index is 499. The Morgan fingerprint density at radius 3 is 2.60 bits per heavy atom. The van der Waals surface area contributed by atoms with Crippen molar-refractivity contribution in [2.45, 2.75) is 0 Å². The second-order valence-corrected chi connectivity index (χ2v) is 3.58. The number of hydrogen-bond donors (Lipinski definition) is 0. The van der Waals surface area contributed by atoms with Crippen molar-refractivity contribution < 1.29 is 14.5 Å². The standard InChI is InChI=1S/C8H3BrN2O4/c9-10-6-2-1-4(11(14)15)3-5(6)7(12)8(10)13/h1-3H. The summed E-state index contributed by atoms with van der Waals surface area (Å²) in [5.41, 5.74) is 0.166. The fourth-order valence-electron chi connectivity index (χ4n) is 1.30. The van der Waals surface area contributed by atoms with Crippen LogP contribution in [-0.4, -0.2) is 16.6 Å². The molecule has 1 aliphatic rings. The molecule has 0 radical (unpaired) electrons. The number of nitro benzene ring substituents is 1. The summed E-state index contributed by atoms with van der Waals surface area (Å²) < 4.78 is 0.994. The Labute approximate surface area is 92.0 Å². The third kappa shape index (κ3) is 1.32. The average molecular weight is 271 g/mol. The molecule has 0 unspecified atom stereocenters. The van der Waals surface area contributed by atoms with E-state index in [2.05, 4.69) is 16.1 Å². The zero-order valence-electron chi connectivity index (χ0n) is 7.14. The quantitative estimate of drug-likeness (QED) is 0.335. The van der Waals surface area contributed by atoms with Gasteiger partial charge < -0.3 is 0 Å². The minimum absolute atomic E-state index is 0.0473. The fourth-order valence-corrected chi connectivity index (χ4v) is 1.77. The predicted octanol–water partition coefficient (Wildman–Crippen LogP) is 1.43. The van der Waals surface area contributed by atoms with Crippen LogP contribution in [-0.2, 0) is 4.79 Å². The molecule has 0 saturated heterocycles. The molecule has 0 aliphatic carbocycles. The van der Waals surface area contributed by atoms with Crippen molar-refractivity contribution in [3.63, 3.8) is 0 Å². The van der Waals surface area contributed by atoms with Crippen molar-refractivity contribution >= 4 is 39.2 Å². The molecular formula is C8H3BrN2O4. The highest BCUT2D eigenvalue weighted by molar-refractivity contribution is 9.10. The second kappa shape index (κ2) is 3.13. The summed E-state index contributed by atoms with van der Waals surface area (Å²) in [4.78, 5) is 32.4. The molecule has 7 heteroatoms. The van der Waals surface area contributed by atoms with Gasteiger partial charge in [-0.2, -0.15) is 0 Å². The van der Waals surface area contributed by atoms with Crippen molar-refractivity contribution in [1.82, 2.24) is 0 Å². The Kier molecular flexibility index (Phi) is 2.04. The van der Waals surface area contributed by atoms with Gasteiger partial charge in [0.05, 0.1) is 32.3 Å². The lowest BCUT2D eigenvalue weighted by molar-refractivity contribution is -0.384. The zero-order chi connectivity index (χ0) is 11.2. The van der Waals surface area contributed by atoms with E-state index in [-0.39, 0.29) is 11.3 Å². The van der Waals surface area contributed by atoms with E-state index in [0.717, 1.165) is 9.99 Å². The number of ketones is 1. The van der Waals surface area contributed by atoms with Gasteiger partial charge in [-0.1, -0.05) is 0 Å². The Hall–Kier alpha value is -1.76. The third-order valence-corrected chi connectivity index (χ3v) is 2.72. The molecule has 0 bridgehead atoms. The van der Waals surface area contributed by atoms with E-state index in [4.69, 9.17) is 0 Å². The van der Waals surface area contributed by atoms with Crippen molar-refractivity contribution in [1.29, 1.82) is 0 Å². The number of carbonyl (C=O) groups excluding carboxylic acids is 2. The van der Waals surface area contributed by atoms with Gasteiger partial charge in [-0.05, 0) is 6.07 Å². The van der Waals surface area contributed by atoms with Gasteiger partial charge in [0.15, 0.2) is 0 Å². The molecule has 15 heavy (non-hydrogen) atoms. The van der Waals surface area contributed by atoms with Crippen LogP contribution in [0.4, 0.5) is 11.4 Å². The van der Waals surface area contributed by atoms with Crippen LogP contribution in [0, 0.1) is 10.1 Å². The molecular weight excluding hydrogens is 268 g/mol. The van der Waals surface area contributed by atoms with Crippen LogP contribution in [0.25, 0.3) is 0 Å². The minimum Gasteiger partial charge on any atom is -0.283 e. The lowest BCUT2D eigenvalue weighted by atomic mass is 10.1. The molecule has 0 atom stereocenters. The SMILES string of the molecule is O=C1C(=O)N(Br)c2ccc([N+](=O)[O-])cc21. The number of halogens is 1. The van der Waals surface area contributed by atoms with Crippen LogP contribution < -0.4 is 3.93 Å². The van der Waals surface area contributed by atoms with Crippen LogP contribution in [0.3, 0.4) is 0 Å². The maximum Gasteiger partial charge on any atom is 0.309 e. The Morgan fingerprint density at radius 1 is 1.33 bits per heavy atom. The number of non-ortho nitro benzene ring substituents is 1. The number of benzene rings is 1. The topological polar surface area (TPSA) is 80.5 Å². The number of hydrogen-bond acceptors (Lipinski definition) is 4. The monoisotopic (exact) mass is 270 g/mol. The van der Waals surface area contributed by atoms with Crippen molar-refractivity contribution in [3.05, 3.63) is 33.9 Å². The van der Waals surface area contributed by atoms with Crippen molar-refractivity contribution in [2.75, 3.05) is 3.93 Å². The third-order valence-electron chi connectivity index (χ3n) is 2.02. The van der Waals surface area contributed by atoms with Gasteiger partial charge in [-0.25, -0.2) is 3.93 Å². The molecule has 76 valence electrons.